The molecule has 2 fully saturated rings. The molecule has 2 aliphatic rings. The predicted molar refractivity (Wildman–Crippen MR) is 92.0 cm³/mol. The van der Waals surface area contributed by atoms with Crippen molar-refractivity contribution >= 4 is 17.7 Å². The molecule has 0 unspecified atom stereocenters. The highest BCUT2D eigenvalue weighted by molar-refractivity contribution is 7.99. The largest absolute Gasteiger partial charge is 0.378 e. The summed E-state index contributed by atoms with van der Waals surface area (Å²) in [6.07, 6.45) is 2.36. The summed E-state index contributed by atoms with van der Waals surface area (Å²) in [5.74, 6) is 0.757. The first-order chi connectivity index (χ1) is 11.7. The Balaban J connectivity index is 1.57. The molecule has 128 valence electrons. The van der Waals surface area contributed by atoms with E-state index in [1.54, 1.807) is 23.9 Å². The van der Waals surface area contributed by atoms with E-state index in [0.717, 1.165) is 43.0 Å². The Kier molecular flexibility index (Phi) is 4.45. The van der Waals surface area contributed by atoms with Crippen molar-refractivity contribution < 1.29 is 9.13 Å². The highest BCUT2D eigenvalue weighted by atomic mass is 32.2. The summed E-state index contributed by atoms with van der Waals surface area (Å²) in [4.78, 5) is 2.26. The molecule has 24 heavy (non-hydrogen) atoms. The lowest BCUT2D eigenvalue weighted by atomic mass is 10.2. The van der Waals surface area contributed by atoms with E-state index in [9.17, 15) is 4.39 Å². The maximum atomic E-state index is 13.5. The minimum Gasteiger partial charge on any atom is -0.378 e. The molecule has 0 bridgehead atoms. The van der Waals surface area contributed by atoms with Gasteiger partial charge in [-0.3, -0.25) is 4.57 Å². The highest BCUT2D eigenvalue weighted by Gasteiger charge is 2.32. The summed E-state index contributed by atoms with van der Waals surface area (Å²) in [6, 6.07) is 7.29. The van der Waals surface area contributed by atoms with E-state index in [-0.39, 0.29) is 11.1 Å². The Morgan fingerprint density at radius 2 is 2.04 bits per heavy atom. The van der Waals surface area contributed by atoms with Gasteiger partial charge in [0, 0.05) is 24.4 Å². The van der Waals surface area contributed by atoms with Crippen molar-refractivity contribution in [2.24, 2.45) is 0 Å². The molecule has 0 spiro atoms. The zero-order valence-corrected chi connectivity index (χ0v) is 14.5. The second kappa shape index (κ2) is 6.72. The third kappa shape index (κ3) is 3.28. The lowest BCUT2D eigenvalue weighted by Crippen LogP contribution is -2.38. The van der Waals surface area contributed by atoms with E-state index >= 15 is 0 Å². The molecule has 1 aliphatic heterocycles. The number of hydrogen-bond acceptors (Lipinski definition) is 5. The first-order valence-corrected chi connectivity index (χ1v) is 9.30. The second-order valence-electron chi connectivity index (χ2n) is 6.30. The Morgan fingerprint density at radius 3 is 2.75 bits per heavy atom. The number of thioether (sulfide) groups is 1. The standard InChI is InChI=1S/C17H21FN4OS/c1-12(13-3-2-4-14(18)11-13)24-17-20-19-16(22(17)15-5-6-15)21-7-9-23-10-8-21/h2-4,11-12,15H,5-10H2,1H3/t12-/m0/s1. The van der Waals surface area contributed by atoms with Gasteiger partial charge in [0.25, 0.3) is 0 Å². The van der Waals surface area contributed by atoms with Gasteiger partial charge in [-0.25, -0.2) is 4.39 Å². The fourth-order valence-corrected chi connectivity index (χ4v) is 4.00. The van der Waals surface area contributed by atoms with E-state index in [0.29, 0.717) is 6.04 Å². The maximum Gasteiger partial charge on any atom is 0.228 e. The Morgan fingerprint density at radius 1 is 1.25 bits per heavy atom. The molecular weight excluding hydrogens is 327 g/mol. The average molecular weight is 348 g/mol. The monoisotopic (exact) mass is 348 g/mol. The number of nitrogens with zero attached hydrogens (tertiary/aromatic N) is 4. The van der Waals surface area contributed by atoms with E-state index < -0.39 is 0 Å². The maximum absolute atomic E-state index is 13.5. The summed E-state index contributed by atoms with van der Waals surface area (Å²) >= 11 is 1.65. The number of morpholine rings is 1. The van der Waals surface area contributed by atoms with Crippen LogP contribution in [0.2, 0.25) is 0 Å². The van der Waals surface area contributed by atoms with Gasteiger partial charge in [0.1, 0.15) is 5.82 Å². The van der Waals surface area contributed by atoms with Crippen molar-refractivity contribution in [2.45, 2.75) is 36.2 Å². The summed E-state index contributed by atoms with van der Waals surface area (Å²) in [7, 11) is 0. The average Bonchev–Trinajstić information content (AvgIpc) is 3.36. The van der Waals surface area contributed by atoms with Gasteiger partial charge in [0.2, 0.25) is 5.95 Å². The zero-order chi connectivity index (χ0) is 16.5. The van der Waals surface area contributed by atoms with E-state index in [1.165, 1.54) is 18.9 Å². The number of halogens is 1. The number of rotatable bonds is 5. The minimum absolute atomic E-state index is 0.125. The van der Waals surface area contributed by atoms with Crippen molar-refractivity contribution in [1.82, 2.24) is 14.8 Å². The second-order valence-corrected chi connectivity index (χ2v) is 7.61. The van der Waals surface area contributed by atoms with E-state index in [4.69, 9.17) is 4.74 Å². The number of aromatic nitrogens is 3. The van der Waals surface area contributed by atoms with Crippen molar-refractivity contribution in [1.29, 1.82) is 0 Å². The van der Waals surface area contributed by atoms with Gasteiger partial charge in [0.05, 0.1) is 13.2 Å². The van der Waals surface area contributed by atoms with Crippen LogP contribution in [0.15, 0.2) is 29.4 Å². The van der Waals surface area contributed by atoms with Crippen LogP contribution in [-0.4, -0.2) is 41.1 Å². The number of benzene rings is 1. The number of anilines is 1. The molecule has 4 rings (SSSR count). The molecule has 2 aromatic rings. The van der Waals surface area contributed by atoms with Gasteiger partial charge in [-0.2, -0.15) is 0 Å². The summed E-state index contributed by atoms with van der Waals surface area (Å²) < 4.78 is 21.2. The molecule has 1 saturated heterocycles. The molecule has 0 radical (unpaired) electrons. The van der Waals surface area contributed by atoms with Crippen LogP contribution in [0.25, 0.3) is 0 Å². The van der Waals surface area contributed by atoms with Crippen molar-refractivity contribution in [3.8, 4) is 0 Å². The van der Waals surface area contributed by atoms with Gasteiger partial charge < -0.3 is 9.64 Å². The minimum atomic E-state index is -0.197. The lowest BCUT2D eigenvalue weighted by molar-refractivity contribution is 0.121. The molecule has 5 nitrogen and oxygen atoms in total. The smallest absolute Gasteiger partial charge is 0.228 e. The van der Waals surface area contributed by atoms with Gasteiger partial charge in [-0.15, -0.1) is 10.2 Å². The van der Waals surface area contributed by atoms with Crippen LogP contribution >= 0.6 is 11.8 Å². The topological polar surface area (TPSA) is 43.2 Å². The van der Waals surface area contributed by atoms with Crippen LogP contribution in [0, 0.1) is 5.82 Å². The molecule has 0 N–H and O–H groups in total. The number of hydrogen-bond donors (Lipinski definition) is 0. The van der Waals surface area contributed by atoms with Gasteiger partial charge in [0.15, 0.2) is 5.16 Å². The van der Waals surface area contributed by atoms with E-state index in [1.807, 2.05) is 6.07 Å². The molecule has 1 atom stereocenters. The Hall–Kier alpha value is -1.60. The molecular formula is C17H21FN4OS. The molecule has 7 heteroatoms. The van der Waals surface area contributed by atoms with Crippen LogP contribution in [0.4, 0.5) is 10.3 Å². The summed E-state index contributed by atoms with van der Waals surface area (Å²) in [6.45, 7) is 5.27. The van der Waals surface area contributed by atoms with Gasteiger partial charge in [-0.1, -0.05) is 23.9 Å². The zero-order valence-electron chi connectivity index (χ0n) is 13.7. The highest BCUT2D eigenvalue weighted by Crippen LogP contribution is 2.43. The predicted octanol–water partition coefficient (Wildman–Crippen LogP) is 3.44. The molecule has 1 saturated carbocycles. The molecule has 1 aliphatic carbocycles. The van der Waals surface area contributed by atoms with Crippen molar-refractivity contribution in [3.05, 3.63) is 35.6 Å². The molecule has 1 aromatic heterocycles. The fraction of sp³-hybridized carbons (Fsp3) is 0.529. The quantitative estimate of drug-likeness (QED) is 0.775. The molecule has 2 heterocycles. The Bertz CT molecular complexity index is 712. The Labute approximate surface area is 145 Å². The first kappa shape index (κ1) is 15.9. The molecule has 1 aromatic carbocycles. The normalized spacial score (nSPS) is 19.5. The van der Waals surface area contributed by atoms with Crippen LogP contribution < -0.4 is 4.90 Å². The third-order valence-electron chi connectivity index (χ3n) is 4.45. The lowest BCUT2D eigenvalue weighted by Gasteiger charge is -2.28. The molecule has 0 amide bonds. The van der Waals surface area contributed by atoms with Crippen molar-refractivity contribution in [2.75, 3.05) is 31.2 Å². The fourth-order valence-electron chi connectivity index (χ4n) is 2.97. The van der Waals surface area contributed by atoms with Crippen LogP contribution in [0.3, 0.4) is 0 Å². The summed E-state index contributed by atoms with van der Waals surface area (Å²) in [5, 5.41) is 9.95. The van der Waals surface area contributed by atoms with Crippen LogP contribution in [0.1, 0.15) is 36.6 Å². The van der Waals surface area contributed by atoms with Crippen molar-refractivity contribution in [3.63, 3.8) is 0 Å². The van der Waals surface area contributed by atoms with E-state index in [2.05, 4.69) is 26.6 Å². The SMILES string of the molecule is C[C@H](Sc1nnc(N2CCOCC2)n1C1CC1)c1cccc(F)c1. The van der Waals surface area contributed by atoms with Gasteiger partial charge in [-0.05, 0) is 37.5 Å². The third-order valence-corrected chi connectivity index (χ3v) is 5.57. The number of ether oxygens (including phenoxy) is 1. The van der Waals surface area contributed by atoms with Crippen LogP contribution in [-0.2, 0) is 4.74 Å². The first-order valence-electron chi connectivity index (χ1n) is 8.42. The van der Waals surface area contributed by atoms with Crippen LogP contribution in [0.5, 0.6) is 0 Å². The summed E-state index contributed by atoms with van der Waals surface area (Å²) in [5.41, 5.74) is 0.971. The van der Waals surface area contributed by atoms with Gasteiger partial charge >= 0.3 is 0 Å².